The van der Waals surface area contributed by atoms with E-state index < -0.39 is 0 Å². The maximum absolute atomic E-state index is 12.3. The average molecular weight is 412 g/mol. The van der Waals surface area contributed by atoms with Crippen molar-refractivity contribution in [1.82, 2.24) is 15.2 Å². The minimum atomic E-state index is -0.198. The van der Waals surface area contributed by atoms with Crippen LogP contribution in [0.1, 0.15) is 74.0 Å². The number of ether oxygens (including phenoxy) is 1. The summed E-state index contributed by atoms with van der Waals surface area (Å²) in [5.41, 5.74) is 3.13. The molecule has 2 heterocycles. The molecule has 162 valence electrons. The molecule has 2 aromatic rings. The molecule has 0 spiro atoms. The molecular formula is C24H33N3O3. The van der Waals surface area contributed by atoms with E-state index in [1.54, 1.807) is 0 Å². The maximum atomic E-state index is 12.3. The lowest BCUT2D eigenvalue weighted by atomic mass is 9.87. The van der Waals surface area contributed by atoms with Crippen LogP contribution in [0.15, 0.2) is 34.9 Å². The predicted octanol–water partition coefficient (Wildman–Crippen LogP) is 4.05. The third-order valence-electron chi connectivity index (χ3n) is 5.91. The fraction of sp³-hybridized carbons (Fsp3) is 0.583. The molecule has 4 rings (SSSR count). The number of benzene rings is 1. The molecule has 6 heteroatoms. The first-order chi connectivity index (χ1) is 14.4. The van der Waals surface area contributed by atoms with Gasteiger partial charge in [0, 0.05) is 25.7 Å². The first-order valence-corrected chi connectivity index (χ1v) is 11.1. The summed E-state index contributed by atoms with van der Waals surface area (Å²) < 4.78 is 11.2. The molecule has 6 nitrogen and oxygen atoms in total. The van der Waals surface area contributed by atoms with Crippen LogP contribution in [0.4, 0.5) is 0 Å². The summed E-state index contributed by atoms with van der Waals surface area (Å²) in [5.74, 6) is 0.395. The van der Waals surface area contributed by atoms with Gasteiger partial charge in [-0.25, -0.2) is 4.98 Å². The van der Waals surface area contributed by atoms with Crippen molar-refractivity contribution in [3.05, 3.63) is 53.2 Å². The van der Waals surface area contributed by atoms with Crippen LogP contribution in [0.2, 0.25) is 0 Å². The number of carbonyl (C=O) groups is 1. The molecule has 2 aliphatic rings. The Hall–Kier alpha value is -2.18. The smallest absolute Gasteiger partial charge is 0.273 e. The summed E-state index contributed by atoms with van der Waals surface area (Å²) in [5, 5.41) is 2.90. The number of nitrogens with one attached hydrogen (secondary N) is 1. The number of hydrogen-bond donors (Lipinski definition) is 1. The molecule has 1 N–H and O–H groups in total. The van der Waals surface area contributed by atoms with E-state index in [1.165, 1.54) is 30.2 Å². The lowest BCUT2D eigenvalue weighted by Gasteiger charge is -2.22. The van der Waals surface area contributed by atoms with Crippen LogP contribution in [0.5, 0.6) is 0 Å². The zero-order chi connectivity index (χ0) is 21.1. The fourth-order valence-corrected chi connectivity index (χ4v) is 3.86. The molecule has 0 radical (unpaired) electrons. The molecule has 1 aliphatic carbocycles. The second kappa shape index (κ2) is 8.90. The molecule has 1 aliphatic heterocycles. The third kappa shape index (κ3) is 5.49. The molecule has 0 bridgehead atoms. The Morgan fingerprint density at radius 2 is 1.93 bits per heavy atom. The van der Waals surface area contributed by atoms with Gasteiger partial charge in [-0.1, -0.05) is 45.0 Å². The molecule has 1 amide bonds. The van der Waals surface area contributed by atoms with Gasteiger partial charge in [0.05, 0.1) is 12.6 Å². The second-order valence-electron chi connectivity index (χ2n) is 9.55. The topological polar surface area (TPSA) is 67.6 Å². The summed E-state index contributed by atoms with van der Waals surface area (Å²) >= 11 is 0. The standard InChI is InChI=1S/C24H33N3O3/c1-24(2,3)18-8-6-17(7-9-18)14-27(19-10-11-19)15-22-26-21(16-30-22)23(28)25-13-20-5-4-12-29-20/h6-9,16,19-20H,4-5,10-15H2,1-3H3,(H,25,28). The number of aromatic nitrogens is 1. The van der Waals surface area contributed by atoms with E-state index in [1.807, 2.05) is 0 Å². The summed E-state index contributed by atoms with van der Waals surface area (Å²) in [6.45, 7) is 9.48. The highest BCUT2D eigenvalue weighted by Crippen LogP contribution is 2.30. The van der Waals surface area contributed by atoms with Gasteiger partial charge in [0.2, 0.25) is 5.89 Å². The Morgan fingerprint density at radius 3 is 2.57 bits per heavy atom. The Balaban J connectivity index is 1.34. The van der Waals surface area contributed by atoms with Gasteiger partial charge in [0.25, 0.3) is 5.91 Å². The molecule has 1 saturated carbocycles. The minimum absolute atomic E-state index is 0.121. The summed E-state index contributed by atoms with van der Waals surface area (Å²) in [6, 6.07) is 9.45. The van der Waals surface area contributed by atoms with Crippen molar-refractivity contribution in [2.45, 2.75) is 77.1 Å². The van der Waals surface area contributed by atoms with Crippen molar-refractivity contribution in [3.8, 4) is 0 Å². The Labute approximate surface area is 179 Å². The van der Waals surface area contributed by atoms with Crippen LogP contribution in [-0.2, 0) is 23.2 Å². The predicted molar refractivity (Wildman–Crippen MR) is 115 cm³/mol. The summed E-state index contributed by atoms with van der Waals surface area (Å²) in [4.78, 5) is 19.2. The van der Waals surface area contributed by atoms with E-state index in [4.69, 9.17) is 9.15 Å². The van der Waals surface area contributed by atoms with E-state index in [-0.39, 0.29) is 17.4 Å². The van der Waals surface area contributed by atoms with Crippen LogP contribution >= 0.6 is 0 Å². The van der Waals surface area contributed by atoms with Gasteiger partial charge in [-0.05, 0) is 42.2 Å². The van der Waals surface area contributed by atoms with Gasteiger partial charge in [-0.2, -0.15) is 0 Å². The van der Waals surface area contributed by atoms with Crippen LogP contribution in [0, 0.1) is 0 Å². The number of nitrogens with zero attached hydrogens (tertiary/aromatic N) is 2. The Bertz CT molecular complexity index is 843. The molecule has 30 heavy (non-hydrogen) atoms. The SMILES string of the molecule is CC(C)(C)c1ccc(CN(Cc2nc(C(=O)NCC3CCCO3)co2)C2CC2)cc1. The number of hydrogen-bond acceptors (Lipinski definition) is 5. The zero-order valence-corrected chi connectivity index (χ0v) is 18.3. The average Bonchev–Trinajstić information content (AvgIpc) is 3.22. The number of oxazole rings is 1. The van der Waals surface area contributed by atoms with E-state index >= 15 is 0 Å². The number of rotatable bonds is 8. The first-order valence-electron chi connectivity index (χ1n) is 11.1. The largest absolute Gasteiger partial charge is 0.447 e. The summed E-state index contributed by atoms with van der Waals surface area (Å²) in [6.07, 6.45) is 6.05. The van der Waals surface area contributed by atoms with Gasteiger partial charge in [0.1, 0.15) is 6.26 Å². The third-order valence-corrected chi connectivity index (χ3v) is 5.91. The Morgan fingerprint density at radius 1 is 1.17 bits per heavy atom. The van der Waals surface area contributed by atoms with Crippen LogP contribution in [0.25, 0.3) is 0 Å². The first kappa shape index (κ1) is 21.1. The molecular weight excluding hydrogens is 378 g/mol. The van der Waals surface area contributed by atoms with Gasteiger partial charge >= 0.3 is 0 Å². The molecule has 2 fully saturated rings. The monoisotopic (exact) mass is 411 g/mol. The quantitative estimate of drug-likeness (QED) is 0.710. The van der Waals surface area contributed by atoms with Crippen molar-refractivity contribution in [3.63, 3.8) is 0 Å². The fourth-order valence-electron chi connectivity index (χ4n) is 3.86. The van der Waals surface area contributed by atoms with Crippen LogP contribution < -0.4 is 5.32 Å². The van der Waals surface area contributed by atoms with Crippen molar-refractivity contribution in [2.24, 2.45) is 0 Å². The highest BCUT2D eigenvalue weighted by atomic mass is 16.5. The minimum Gasteiger partial charge on any atom is -0.447 e. The van der Waals surface area contributed by atoms with Gasteiger partial charge in [-0.3, -0.25) is 9.69 Å². The lowest BCUT2D eigenvalue weighted by Crippen LogP contribution is -2.32. The lowest BCUT2D eigenvalue weighted by molar-refractivity contribution is 0.0853. The highest BCUT2D eigenvalue weighted by Gasteiger charge is 2.30. The molecule has 1 aromatic heterocycles. The maximum Gasteiger partial charge on any atom is 0.273 e. The van der Waals surface area contributed by atoms with Gasteiger partial charge < -0.3 is 14.5 Å². The van der Waals surface area contributed by atoms with Crippen molar-refractivity contribution in [2.75, 3.05) is 13.2 Å². The van der Waals surface area contributed by atoms with Crippen LogP contribution in [0.3, 0.4) is 0 Å². The molecule has 1 unspecified atom stereocenters. The van der Waals surface area contributed by atoms with E-state index in [0.717, 1.165) is 26.0 Å². The zero-order valence-electron chi connectivity index (χ0n) is 18.3. The number of amides is 1. The molecule has 1 atom stereocenters. The van der Waals surface area contributed by atoms with E-state index in [0.29, 0.717) is 30.7 Å². The van der Waals surface area contributed by atoms with Gasteiger partial charge in [0.15, 0.2) is 5.69 Å². The van der Waals surface area contributed by atoms with E-state index in [9.17, 15) is 4.79 Å². The van der Waals surface area contributed by atoms with E-state index in [2.05, 4.69) is 60.2 Å². The van der Waals surface area contributed by atoms with Crippen molar-refractivity contribution >= 4 is 5.91 Å². The Kier molecular flexibility index (Phi) is 6.25. The normalized spacial score (nSPS) is 19.4. The van der Waals surface area contributed by atoms with Crippen LogP contribution in [-0.4, -0.2) is 41.1 Å². The van der Waals surface area contributed by atoms with Gasteiger partial charge in [-0.15, -0.1) is 0 Å². The molecule has 1 saturated heterocycles. The molecule has 1 aromatic carbocycles. The van der Waals surface area contributed by atoms with Crippen molar-refractivity contribution in [1.29, 1.82) is 0 Å². The van der Waals surface area contributed by atoms with Crippen molar-refractivity contribution < 1.29 is 13.9 Å². The summed E-state index contributed by atoms with van der Waals surface area (Å²) in [7, 11) is 0. The second-order valence-corrected chi connectivity index (χ2v) is 9.55. The highest BCUT2D eigenvalue weighted by molar-refractivity contribution is 5.91. The number of carbonyl (C=O) groups excluding carboxylic acids is 1.